The van der Waals surface area contributed by atoms with Gasteiger partial charge in [-0.1, -0.05) is 51.1 Å². The Morgan fingerprint density at radius 1 is 0.918 bits per heavy atom. The largest absolute Gasteiger partial charge is 0.490 e. The van der Waals surface area contributed by atoms with Gasteiger partial charge in [-0.15, -0.1) is 0 Å². The van der Waals surface area contributed by atoms with Crippen molar-refractivity contribution in [2.75, 3.05) is 26.3 Å². The molecule has 340 valence electrons. The van der Waals surface area contributed by atoms with Gasteiger partial charge in [-0.05, 0) is 93.3 Å². The van der Waals surface area contributed by atoms with E-state index in [1.54, 1.807) is 0 Å². The molecular weight excluding hydrogens is 811 g/mol. The van der Waals surface area contributed by atoms with E-state index in [2.05, 4.69) is 41.3 Å². The summed E-state index contributed by atoms with van der Waals surface area (Å²) in [5.74, 6) is -5.88. The van der Waals surface area contributed by atoms with Crippen LogP contribution in [-0.2, 0) is 25.7 Å². The van der Waals surface area contributed by atoms with Crippen LogP contribution in [0.25, 0.3) is 11.1 Å². The number of aliphatic hydroxyl groups excluding tert-OH is 2. The van der Waals surface area contributed by atoms with Crippen molar-refractivity contribution >= 4 is 23.8 Å². The molecule has 14 nitrogen and oxygen atoms in total. The maximum Gasteiger partial charge on any atom is 0.490 e. The Hall–Kier alpha value is -4.95. The van der Waals surface area contributed by atoms with Crippen molar-refractivity contribution in [2.24, 2.45) is 22.8 Å². The highest BCUT2D eigenvalue weighted by Gasteiger charge is 2.38. The number of aliphatic carboxylic acids is 2. The van der Waals surface area contributed by atoms with E-state index in [-0.39, 0.29) is 54.0 Å². The van der Waals surface area contributed by atoms with E-state index >= 15 is 0 Å². The number of aliphatic hydroxyl groups is 2. The van der Waals surface area contributed by atoms with Gasteiger partial charge in [-0.25, -0.2) is 18.4 Å². The smallest absolute Gasteiger partial charge is 0.480 e. The second-order valence-corrected chi connectivity index (χ2v) is 15.7. The number of carboxylic acid groups (broad SMARTS) is 2. The Morgan fingerprint density at radius 3 is 2.11 bits per heavy atom. The minimum atomic E-state index is -5.08. The summed E-state index contributed by atoms with van der Waals surface area (Å²) in [5.41, 5.74) is 14.2. The number of hydrogen-bond acceptors (Lipinski definition) is 9. The summed E-state index contributed by atoms with van der Waals surface area (Å²) in [7, 11) is 0. The van der Waals surface area contributed by atoms with Gasteiger partial charge in [0.1, 0.15) is 17.7 Å². The predicted octanol–water partition coefficient (Wildman–Crippen LogP) is 4.46. The van der Waals surface area contributed by atoms with Crippen molar-refractivity contribution in [1.29, 1.82) is 0 Å². The lowest BCUT2D eigenvalue weighted by molar-refractivity contribution is -0.192. The number of benzene rings is 2. The molecule has 11 N–H and O–H groups in total. The molecule has 1 heterocycles. The number of nitrogens with one attached hydrogen (secondary N) is 3. The summed E-state index contributed by atoms with van der Waals surface area (Å²) in [6.07, 6.45) is 0.257. The zero-order valence-corrected chi connectivity index (χ0v) is 34.6. The predicted molar refractivity (Wildman–Crippen MR) is 218 cm³/mol. The number of nitrogens with zero attached hydrogens (tertiary/aromatic N) is 1. The highest BCUT2D eigenvalue weighted by molar-refractivity contribution is 5.85. The van der Waals surface area contributed by atoms with Crippen molar-refractivity contribution in [1.82, 2.24) is 20.5 Å². The van der Waals surface area contributed by atoms with E-state index in [1.165, 1.54) is 6.07 Å². The van der Waals surface area contributed by atoms with Gasteiger partial charge in [0.25, 0.3) is 0 Å². The Bertz CT molecular complexity index is 1840. The Labute approximate surface area is 351 Å². The number of alkyl halides is 3. The molecule has 1 fully saturated rings. The van der Waals surface area contributed by atoms with Crippen LogP contribution < -0.4 is 27.4 Å². The third kappa shape index (κ3) is 17.9. The second kappa shape index (κ2) is 25.1. The first-order valence-corrected chi connectivity index (χ1v) is 19.9. The third-order valence-electron chi connectivity index (χ3n) is 9.72. The lowest BCUT2D eigenvalue weighted by atomic mass is 9.84. The van der Waals surface area contributed by atoms with E-state index in [0.29, 0.717) is 70.1 Å². The Morgan fingerprint density at radius 2 is 1.56 bits per heavy atom. The molecule has 1 aliphatic rings. The van der Waals surface area contributed by atoms with Gasteiger partial charge >= 0.3 is 18.1 Å². The average Bonchev–Trinajstić information content (AvgIpc) is 3.84. The molecule has 3 aromatic rings. The normalized spacial score (nSPS) is 16.5. The number of amides is 2. The van der Waals surface area contributed by atoms with Crippen molar-refractivity contribution < 1.29 is 61.6 Å². The molecule has 0 unspecified atom stereocenters. The van der Waals surface area contributed by atoms with E-state index in [0.717, 1.165) is 23.4 Å². The molecule has 5 atom stereocenters. The SMILES string of the molecule is CC(C)(C)[C@@H](NCC[C@H](N)C(=O)N[C@H]1CC[C@@H](C(=O)N[C@@H](CCCCN)C(=O)O)C1)c1cc(-c2cc(F)ccc2F)cn1Cc1ccccc1.O=C(O)C(F)(F)F.OCCO. The van der Waals surface area contributed by atoms with Crippen LogP contribution >= 0.6 is 0 Å². The number of unbranched alkanes of at least 4 members (excludes halogenated alkanes) is 1. The lowest BCUT2D eigenvalue weighted by Gasteiger charge is -2.33. The topological polar surface area (TPSA) is 242 Å². The van der Waals surface area contributed by atoms with Gasteiger partial charge in [0, 0.05) is 41.5 Å². The molecular formula is C42H59F5N6O8. The van der Waals surface area contributed by atoms with Gasteiger partial charge in [-0.3, -0.25) is 9.59 Å². The summed E-state index contributed by atoms with van der Waals surface area (Å²) >= 11 is 0. The first kappa shape index (κ1) is 52.2. The van der Waals surface area contributed by atoms with Gasteiger partial charge in [0.15, 0.2) is 0 Å². The molecule has 0 bridgehead atoms. The van der Waals surface area contributed by atoms with Gasteiger partial charge in [0.2, 0.25) is 11.8 Å². The van der Waals surface area contributed by atoms with Crippen LogP contribution in [0, 0.1) is 23.0 Å². The van der Waals surface area contributed by atoms with Crippen LogP contribution in [0.3, 0.4) is 0 Å². The Kier molecular flexibility index (Phi) is 21.5. The number of aromatic nitrogens is 1. The van der Waals surface area contributed by atoms with Crippen molar-refractivity contribution in [3.8, 4) is 11.1 Å². The maximum absolute atomic E-state index is 14.9. The fraction of sp³-hybridized carbons (Fsp3) is 0.524. The van der Waals surface area contributed by atoms with Gasteiger partial charge < -0.3 is 52.4 Å². The monoisotopic (exact) mass is 870 g/mol. The quantitative estimate of drug-likeness (QED) is 0.0639. The molecule has 2 amide bonds. The highest BCUT2D eigenvalue weighted by Crippen LogP contribution is 2.37. The van der Waals surface area contributed by atoms with Crippen LogP contribution in [0.5, 0.6) is 0 Å². The number of hydrogen-bond donors (Lipinski definition) is 9. The minimum Gasteiger partial charge on any atom is -0.480 e. The number of halogens is 5. The molecule has 1 aromatic heterocycles. The molecule has 0 aliphatic heterocycles. The summed E-state index contributed by atoms with van der Waals surface area (Å²) < 4.78 is 62.8. The standard InChI is InChI=1S/C38H52F2N6O4.C2HF3O2.C2H6O2/c1-38(2,3)34(33-20-26(29-21-27(39)13-15-30(29)40)23-46(33)22-24-9-5-4-6-10-24)43-18-16-31(42)36(48)44-28-14-12-25(19-28)35(47)45-32(37(49)50)11-7-8-17-41;3-2(4,5)1(6)7;3-1-2-4/h4-6,9-10,13,15,20-21,23,25,28,31-32,34,43H,7-8,11-12,14,16-19,22,41-42H2,1-3H3,(H,44,48)(H,45,47)(H,49,50);(H,6,7);3-4H,1-2H2/t25-,28+,31+,32+,34+;;/m1../s1. The number of carbonyl (C=O) groups excluding carboxylic acids is 2. The molecule has 0 radical (unpaired) electrons. The molecule has 1 saturated carbocycles. The van der Waals surface area contributed by atoms with E-state index < -0.39 is 41.8 Å². The molecule has 19 heteroatoms. The van der Waals surface area contributed by atoms with Gasteiger partial charge in [-0.2, -0.15) is 13.2 Å². The molecule has 0 spiro atoms. The van der Waals surface area contributed by atoms with Gasteiger partial charge in [0.05, 0.1) is 25.3 Å². The molecule has 0 saturated heterocycles. The van der Waals surface area contributed by atoms with Crippen molar-refractivity contribution in [3.63, 3.8) is 0 Å². The van der Waals surface area contributed by atoms with Crippen LogP contribution in [0.2, 0.25) is 0 Å². The summed E-state index contributed by atoms with van der Waals surface area (Å²) in [6.45, 7) is 7.41. The van der Waals surface area contributed by atoms with Crippen LogP contribution in [0.15, 0.2) is 60.8 Å². The second-order valence-electron chi connectivity index (χ2n) is 15.7. The number of carbonyl (C=O) groups is 4. The molecule has 4 rings (SSSR count). The highest BCUT2D eigenvalue weighted by atomic mass is 19.4. The fourth-order valence-corrected chi connectivity index (χ4v) is 6.62. The van der Waals surface area contributed by atoms with Crippen molar-refractivity contribution in [2.45, 2.75) is 103 Å². The summed E-state index contributed by atoms with van der Waals surface area (Å²) in [6, 6.07) is 13.0. The molecule has 1 aliphatic carbocycles. The summed E-state index contributed by atoms with van der Waals surface area (Å²) in [5, 5.41) is 41.1. The lowest BCUT2D eigenvalue weighted by Crippen LogP contribution is -2.47. The van der Waals surface area contributed by atoms with E-state index in [9.17, 15) is 41.4 Å². The maximum atomic E-state index is 14.9. The number of rotatable bonds is 18. The Balaban J connectivity index is 0.00000103. The first-order valence-electron chi connectivity index (χ1n) is 19.9. The number of nitrogens with two attached hydrogens (primary N) is 2. The zero-order chi connectivity index (χ0) is 45.9. The first-order chi connectivity index (χ1) is 28.6. The van der Waals surface area contributed by atoms with E-state index in [1.807, 2.05) is 42.6 Å². The summed E-state index contributed by atoms with van der Waals surface area (Å²) in [4.78, 5) is 46.4. The van der Waals surface area contributed by atoms with E-state index in [4.69, 9.17) is 31.6 Å². The minimum absolute atomic E-state index is 0.125. The van der Waals surface area contributed by atoms with Crippen LogP contribution in [-0.4, -0.2) is 99.4 Å². The molecule has 61 heavy (non-hydrogen) atoms. The van der Waals surface area contributed by atoms with Crippen LogP contribution in [0.1, 0.15) is 83.0 Å². The average molecular weight is 871 g/mol. The fourth-order valence-electron chi connectivity index (χ4n) is 6.62. The molecule has 2 aromatic carbocycles. The number of carboxylic acids is 2. The van der Waals surface area contributed by atoms with Crippen molar-refractivity contribution in [3.05, 3.63) is 83.7 Å². The zero-order valence-electron chi connectivity index (χ0n) is 34.6. The third-order valence-corrected chi connectivity index (χ3v) is 9.72. The van der Waals surface area contributed by atoms with Crippen LogP contribution in [0.4, 0.5) is 22.0 Å².